The third kappa shape index (κ3) is 4.97. The van der Waals surface area contributed by atoms with Gasteiger partial charge in [0, 0.05) is 13.1 Å². The van der Waals surface area contributed by atoms with Crippen molar-refractivity contribution < 1.29 is 5.11 Å². The molecule has 0 radical (unpaired) electrons. The molecule has 1 aliphatic rings. The number of rotatable bonds is 7. The van der Waals surface area contributed by atoms with Gasteiger partial charge in [-0.05, 0) is 19.4 Å². The zero-order valence-electron chi connectivity index (χ0n) is 9.54. The van der Waals surface area contributed by atoms with Gasteiger partial charge >= 0.3 is 0 Å². The van der Waals surface area contributed by atoms with Gasteiger partial charge < -0.3 is 10.0 Å². The summed E-state index contributed by atoms with van der Waals surface area (Å²) in [6.07, 6.45) is 9.14. The second kappa shape index (κ2) is 7.24. The van der Waals surface area contributed by atoms with Gasteiger partial charge in [-0.15, -0.1) is 0 Å². The number of hydrogen-bond donors (Lipinski definition) is 1. The number of aliphatic hydroxyl groups excluding tert-OH is 1. The van der Waals surface area contributed by atoms with Crippen LogP contribution in [0.3, 0.4) is 0 Å². The third-order valence-electron chi connectivity index (χ3n) is 3.08. The van der Waals surface area contributed by atoms with Gasteiger partial charge in [0.25, 0.3) is 0 Å². The SMILES string of the molecule is CCCCCCCCN1CCC(O)C1. The summed E-state index contributed by atoms with van der Waals surface area (Å²) in [4.78, 5) is 2.39. The van der Waals surface area contributed by atoms with Crippen LogP contribution in [0.4, 0.5) is 0 Å². The van der Waals surface area contributed by atoms with E-state index in [4.69, 9.17) is 0 Å². The number of nitrogens with zero attached hydrogens (tertiary/aromatic N) is 1. The van der Waals surface area contributed by atoms with Gasteiger partial charge in [0.1, 0.15) is 0 Å². The van der Waals surface area contributed by atoms with E-state index in [0.29, 0.717) is 0 Å². The maximum Gasteiger partial charge on any atom is 0.0679 e. The van der Waals surface area contributed by atoms with Gasteiger partial charge in [0.05, 0.1) is 6.10 Å². The van der Waals surface area contributed by atoms with Crippen LogP contribution >= 0.6 is 0 Å². The Balaban J connectivity index is 1.84. The van der Waals surface area contributed by atoms with Gasteiger partial charge in [0.2, 0.25) is 0 Å². The molecule has 0 amide bonds. The predicted molar refractivity (Wildman–Crippen MR) is 60.4 cm³/mol. The van der Waals surface area contributed by atoms with Crippen LogP contribution in [0.1, 0.15) is 51.9 Å². The first kappa shape index (κ1) is 12.0. The summed E-state index contributed by atoms with van der Waals surface area (Å²) >= 11 is 0. The fourth-order valence-corrected chi connectivity index (χ4v) is 2.13. The Labute approximate surface area is 88.3 Å². The van der Waals surface area contributed by atoms with Gasteiger partial charge in [0.15, 0.2) is 0 Å². The minimum absolute atomic E-state index is 0.0462. The largest absolute Gasteiger partial charge is 0.392 e. The van der Waals surface area contributed by atoms with Crippen molar-refractivity contribution in [2.24, 2.45) is 0 Å². The van der Waals surface area contributed by atoms with Crippen LogP contribution in [0, 0.1) is 0 Å². The monoisotopic (exact) mass is 199 g/mol. The van der Waals surface area contributed by atoms with Crippen molar-refractivity contribution in [3.63, 3.8) is 0 Å². The van der Waals surface area contributed by atoms with E-state index in [1.807, 2.05) is 0 Å². The maximum absolute atomic E-state index is 9.33. The Hall–Kier alpha value is -0.0800. The Kier molecular flexibility index (Phi) is 6.20. The zero-order valence-corrected chi connectivity index (χ0v) is 9.54. The van der Waals surface area contributed by atoms with Crippen LogP contribution in [0.5, 0.6) is 0 Å². The average molecular weight is 199 g/mol. The van der Waals surface area contributed by atoms with E-state index >= 15 is 0 Å². The molecular formula is C12H25NO. The van der Waals surface area contributed by atoms with Crippen molar-refractivity contribution in [3.05, 3.63) is 0 Å². The number of hydrogen-bond acceptors (Lipinski definition) is 2. The van der Waals surface area contributed by atoms with E-state index < -0.39 is 0 Å². The van der Waals surface area contributed by atoms with Crippen molar-refractivity contribution in [1.82, 2.24) is 4.90 Å². The fraction of sp³-hybridized carbons (Fsp3) is 1.00. The van der Waals surface area contributed by atoms with Crippen LogP contribution in [0.15, 0.2) is 0 Å². The molecule has 0 aliphatic carbocycles. The minimum atomic E-state index is -0.0462. The molecule has 0 spiro atoms. The molecule has 0 bridgehead atoms. The Morgan fingerprint density at radius 1 is 1.14 bits per heavy atom. The number of β-amino-alcohol motifs (C(OH)–C–C–N with tert-alkyl or cyclic N) is 1. The molecule has 2 nitrogen and oxygen atoms in total. The summed E-state index contributed by atoms with van der Waals surface area (Å²) < 4.78 is 0. The molecular weight excluding hydrogens is 174 g/mol. The van der Waals surface area contributed by atoms with E-state index in [1.165, 1.54) is 45.1 Å². The molecule has 1 aliphatic heterocycles. The lowest BCUT2D eigenvalue weighted by Gasteiger charge is -2.14. The summed E-state index contributed by atoms with van der Waals surface area (Å²) in [5, 5.41) is 9.33. The molecule has 1 unspecified atom stereocenters. The van der Waals surface area contributed by atoms with Gasteiger partial charge in [-0.3, -0.25) is 0 Å². The van der Waals surface area contributed by atoms with E-state index in [-0.39, 0.29) is 6.10 Å². The van der Waals surface area contributed by atoms with Crippen LogP contribution in [-0.2, 0) is 0 Å². The molecule has 0 aromatic carbocycles. The molecule has 1 saturated heterocycles. The number of aliphatic hydroxyl groups is 1. The highest BCUT2D eigenvalue weighted by atomic mass is 16.3. The molecule has 1 fully saturated rings. The number of unbranched alkanes of at least 4 members (excludes halogenated alkanes) is 5. The normalized spacial score (nSPS) is 23.1. The Bertz CT molecular complexity index is 138. The standard InChI is InChI=1S/C12H25NO/c1-2-3-4-5-6-7-9-13-10-8-12(14)11-13/h12,14H,2-11H2,1H3. The molecule has 1 atom stereocenters. The van der Waals surface area contributed by atoms with Crippen molar-refractivity contribution in [3.8, 4) is 0 Å². The summed E-state index contributed by atoms with van der Waals surface area (Å²) in [6, 6.07) is 0. The summed E-state index contributed by atoms with van der Waals surface area (Å²) in [7, 11) is 0. The highest BCUT2D eigenvalue weighted by Crippen LogP contribution is 2.11. The summed E-state index contributed by atoms with van der Waals surface area (Å²) in [5.74, 6) is 0. The summed E-state index contributed by atoms with van der Waals surface area (Å²) in [5.41, 5.74) is 0. The quantitative estimate of drug-likeness (QED) is 0.636. The van der Waals surface area contributed by atoms with E-state index in [2.05, 4.69) is 11.8 Å². The van der Waals surface area contributed by atoms with E-state index in [9.17, 15) is 5.11 Å². The average Bonchev–Trinajstić information content (AvgIpc) is 2.58. The second-order valence-corrected chi connectivity index (χ2v) is 4.51. The van der Waals surface area contributed by atoms with E-state index in [0.717, 1.165) is 19.5 Å². The molecule has 1 N–H and O–H groups in total. The lowest BCUT2D eigenvalue weighted by atomic mass is 10.1. The van der Waals surface area contributed by atoms with Crippen LogP contribution < -0.4 is 0 Å². The molecule has 1 heterocycles. The molecule has 0 aromatic heterocycles. The molecule has 0 aromatic rings. The minimum Gasteiger partial charge on any atom is -0.392 e. The van der Waals surface area contributed by atoms with Gasteiger partial charge in [-0.1, -0.05) is 39.0 Å². The molecule has 2 heteroatoms. The summed E-state index contributed by atoms with van der Waals surface area (Å²) in [6.45, 7) is 5.47. The lowest BCUT2D eigenvalue weighted by Crippen LogP contribution is -2.23. The first-order valence-electron chi connectivity index (χ1n) is 6.23. The Morgan fingerprint density at radius 2 is 1.86 bits per heavy atom. The van der Waals surface area contributed by atoms with Crippen molar-refractivity contribution >= 4 is 0 Å². The van der Waals surface area contributed by atoms with Gasteiger partial charge in [-0.25, -0.2) is 0 Å². The Morgan fingerprint density at radius 3 is 2.50 bits per heavy atom. The van der Waals surface area contributed by atoms with Crippen LogP contribution in [0.2, 0.25) is 0 Å². The van der Waals surface area contributed by atoms with Crippen molar-refractivity contribution in [2.75, 3.05) is 19.6 Å². The topological polar surface area (TPSA) is 23.5 Å². The smallest absolute Gasteiger partial charge is 0.0679 e. The first-order valence-corrected chi connectivity index (χ1v) is 6.23. The second-order valence-electron chi connectivity index (χ2n) is 4.51. The van der Waals surface area contributed by atoms with Gasteiger partial charge in [-0.2, -0.15) is 0 Å². The zero-order chi connectivity index (χ0) is 10.2. The molecule has 0 saturated carbocycles. The molecule has 1 rings (SSSR count). The van der Waals surface area contributed by atoms with Crippen LogP contribution in [0.25, 0.3) is 0 Å². The van der Waals surface area contributed by atoms with Crippen molar-refractivity contribution in [1.29, 1.82) is 0 Å². The molecule has 14 heavy (non-hydrogen) atoms. The highest BCUT2D eigenvalue weighted by Gasteiger charge is 2.18. The predicted octanol–water partition coefficient (Wildman–Crippen LogP) is 2.41. The highest BCUT2D eigenvalue weighted by molar-refractivity contribution is 4.73. The lowest BCUT2D eigenvalue weighted by molar-refractivity contribution is 0.175. The third-order valence-corrected chi connectivity index (χ3v) is 3.08. The fourth-order valence-electron chi connectivity index (χ4n) is 2.13. The van der Waals surface area contributed by atoms with E-state index in [1.54, 1.807) is 0 Å². The van der Waals surface area contributed by atoms with Crippen molar-refractivity contribution in [2.45, 2.75) is 58.0 Å². The first-order chi connectivity index (χ1) is 6.83. The van der Waals surface area contributed by atoms with Crippen LogP contribution in [-0.4, -0.2) is 35.7 Å². The molecule has 84 valence electrons. The maximum atomic E-state index is 9.33. The number of likely N-dealkylation sites (tertiary alicyclic amines) is 1.